The lowest BCUT2D eigenvalue weighted by Gasteiger charge is -2.28. The largest absolute Gasteiger partial charge is 0.495 e. The lowest BCUT2D eigenvalue weighted by molar-refractivity contribution is -0.120. The van der Waals surface area contributed by atoms with Crippen LogP contribution in [0.5, 0.6) is 5.75 Å². The number of amides is 1. The highest BCUT2D eigenvalue weighted by atomic mass is 32.2. The van der Waals surface area contributed by atoms with E-state index in [-0.39, 0.29) is 17.6 Å². The van der Waals surface area contributed by atoms with Gasteiger partial charge in [-0.15, -0.1) is 10.2 Å². The fraction of sp³-hybridized carbons (Fsp3) is 0.545. The Morgan fingerprint density at radius 1 is 1.29 bits per heavy atom. The Morgan fingerprint density at radius 3 is 2.65 bits per heavy atom. The predicted molar refractivity (Wildman–Crippen MR) is 122 cm³/mol. The number of nitrogens with one attached hydrogen (secondary N) is 1. The molecule has 0 aliphatic carbocycles. The van der Waals surface area contributed by atoms with Gasteiger partial charge >= 0.3 is 0 Å². The van der Waals surface area contributed by atoms with E-state index in [9.17, 15) is 10.1 Å². The molecule has 1 aliphatic rings. The molecule has 2 heterocycles. The average molecular weight is 443 g/mol. The minimum absolute atomic E-state index is 0.00520. The molecular weight excluding hydrogens is 412 g/mol. The number of piperidine rings is 1. The maximum Gasteiger partial charge on any atom is 0.232 e. The minimum atomic E-state index is -0.910. The molecule has 0 saturated carbocycles. The van der Waals surface area contributed by atoms with Crippen molar-refractivity contribution >= 4 is 23.6 Å². The Labute approximate surface area is 188 Å². The third-order valence-corrected chi connectivity index (χ3v) is 6.63. The zero-order valence-corrected chi connectivity index (χ0v) is 19.4. The van der Waals surface area contributed by atoms with Crippen LogP contribution in [0.25, 0.3) is 5.69 Å². The fourth-order valence-corrected chi connectivity index (χ4v) is 4.18. The monoisotopic (exact) mass is 442 g/mol. The summed E-state index contributed by atoms with van der Waals surface area (Å²) in [5, 5.41) is 21.8. The molecule has 8 nitrogen and oxygen atoms in total. The number of carbonyl (C=O) groups is 1. The Morgan fingerprint density at radius 2 is 2.00 bits per heavy atom. The standard InChI is InChI=1S/C22H30N6O2S/c1-16(2)22(3,15-23)24-19(29)14-31-21-26-25-20(27-12-8-5-9-13-27)28(21)17-10-6-7-11-18(17)30-4/h6-7,10-11,16H,5,8-9,12-14H2,1-4H3,(H,24,29). The summed E-state index contributed by atoms with van der Waals surface area (Å²) in [5.41, 5.74) is -0.0741. The number of hydrogen-bond donors (Lipinski definition) is 1. The number of hydrogen-bond acceptors (Lipinski definition) is 7. The molecule has 1 aromatic carbocycles. The first kappa shape index (κ1) is 22.9. The van der Waals surface area contributed by atoms with Gasteiger partial charge in [0.25, 0.3) is 0 Å². The van der Waals surface area contributed by atoms with Crippen LogP contribution in [0.15, 0.2) is 29.4 Å². The van der Waals surface area contributed by atoms with Gasteiger partial charge in [0.2, 0.25) is 11.9 Å². The van der Waals surface area contributed by atoms with Crippen LogP contribution < -0.4 is 15.0 Å². The van der Waals surface area contributed by atoms with Gasteiger partial charge in [-0.05, 0) is 44.2 Å². The summed E-state index contributed by atoms with van der Waals surface area (Å²) in [4.78, 5) is 14.8. The summed E-state index contributed by atoms with van der Waals surface area (Å²) in [6, 6.07) is 9.94. The maximum absolute atomic E-state index is 12.6. The smallest absolute Gasteiger partial charge is 0.232 e. The molecular formula is C22H30N6O2S. The highest BCUT2D eigenvalue weighted by Gasteiger charge is 2.30. The topological polar surface area (TPSA) is 96.1 Å². The number of nitriles is 1. The molecule has 1 unspecified atom stereocenters. The molecule has 1 atom stereocenters. The van der Waals surface area contributed by atoms with Crippen molar-refractivity contribution in [3.8, 4) is 17.5 Å². The Bertz CT molecular complexity index is 948. The van der Waals surface area contributed by atoms with E-state index in [4.69, 9.17) is 4.74 Å². The van der Waals surface area contributed by atoms with E-state index in [0.717, 1.165) is 37.6 Å². The van der Waals surface area contributed by atoms with Crippen LogP contribution >= 0.6 is 11.8 Å². The predicted octanol–water partition coefficient (Wildman–Crippen LogP) is 3.41. The number of benzene rings is 1. The molecule has 1 saturated heterocycles. The van der Waals surface area contributed by atoms with Crippen molar-refractivity contribution in [1.29, 1.82) is 5.26 Å². The first-order valence-electron chi connectivity index (χ1n) is 10.6. The van der Waals surface area contributed by atoms with Gasteiger partial charge in [0.15, 0.2) is 5.16 Å². The summed E-state index contributed by atoms with van der Waals surface area (Å²) in [5.74, 6) is 1.39. The summed E-state index contributed by atoms with van der Waals surface area (Å²) in [7, 11) is 1.64. The van der Waals surface area contributed by atoms with Crippen molar-refractivity contribution in [3.05, 3.63) is 24.3 Å². The van der Waals surface area contributed by atoms with Crippen molar-refractivity contribution in [2.75, 3.05) is 30.9 Å². The molecule has 2 aromatic rings. The van der Waals surface area contributed by atoms with Gasteiger partial charge in [0.05, 0.1) is 24.6 Å². The van der Waals surface area contributed by atoms with Gasteiger partial charge in [-0.3, -0.25) is 9.36 Å². The van der Waals surface area contributed by atoms with Gasteiger partial charge in [0, 0.05) is 13.1 Å². The molecule has 0 radical (unpaired) electrons. The lowest BCUT2D eigenvalue weighted by Crippen LogP contribution is -2.49. The Balaban J connectivity index is 1.88. The van der Waals surface area contributed by atoms with E-state index >= 15 is 0 Å². The van der Waals surface area contributed by atoms with Crippen LogP contribution in [0, 0.1) is 17.2 Å². The molecule has 1 amide bonds. The summed E-state index contributed by atoms with van der Waals surface area (Å²) >= 11 is 1.30. The van der Waals surface area contributed by atoms with E-state index < -0.39 is 5.54 Å². The van der Waals surface area contributed by atoms with E-state index in [1.807, 2.05) is 42.7 Å². The first-order chi connectivity index (χ1) is 14.9. The fourth-order valence-electron chi connectivity index (χ4n) is 3.44. The van der Waals surface area contributed by atoms with E-state index in [0.29, 0.717) is 10.9 Å². The normalized spacial score (nSPS) is 15.9. The number of aromatic nitrogens is 3. The van der Waals surface area contributed by atoms with Crippen LogP contribution in [0.2, 0.25) is 0 Å². The van der Waals surface area contributed by atoms with Crippen molar-refractivity contribution in [2.24, 2.45) is 5.92 Å². The molecule has 9 heteroatoms. The average Bonchev–Trinajstić information content (AvgIpc) is 3.21. The Kier molecular flexibility index (Phi) is 7.44. The Hall–Kier alpha value is -2.73. The second kappa shape index (κ2) is 10.1. The number of rotatable bonds is 8. The van der Waals surface area contributed by atoms with Crippen LogP contribution in [-0.2, 0) is 4.79 Å². The molecule has 31 heavy (non-hydrogen) atoms. The van der Waals surface area contributed by atoms with E-state index in [1.165, 1.54) is 18.2 Å². The van der Waals surface area contributed by atoms with Gasteiger partial charge < -0.3 is 15.0 Å². The van der Waals surface area contributed by atoms with Crippen molar-refractivity contribution < 1.29 is 9.53 Å². The minimum Gasteiger partial charge on any atom is -0.495 e. The highest BCUT2D eigenvalue weighted by Crippen LogP contribution is 2.32. The number of thioether (sulfide) groups is 1. The molecule has 3 rings (SSSR count). The number of anilines is 1. The zero-order valence-electron chi connectivity index (χ0n) is 18.6. The highest BCUT2D eigenvalue weighted by molar-refractivity contribution is 7.99. The summed E-state index contributed by atoms with van der Waals surface area (Å²) in [6.45, 7) is 7.42. The second-order valence-corrected chi connectivity index (χ2v) is 9.09. The summed E-state index contributed by atoms with van der Waals surface area (Å²) < 4.78 is 7.55. The van der Waals surface area contributed by atoms with E-state index in [2.05, 4.69) is 26.5 Å². The van der Waals surface area contributed by atoms with Crippen molar-refractivity contribution in [3.63, 3.8) is 0 Å². The number of methoxy groups -OCH3 is 1. The van der Waals surface area contributed by atoms with Crippen molar-refractivity contribution in [2.45, 2.75) is 50.7 Å². The van der Waals surface area contributed by atoms with Crippen molar-refractivity contribution in [1.82, 2.24) is 20.1 Å². The number of ether oxygens (including phenoxy) is 1. The molecule has 1 aliphatic heterocycles. The lowest BCUT2D eigenvalue weighted by atomic mass is 9.90. The number of para-hydroxylation sites is 2. The molecule has 166 valence electrons. The van der Waals surface area contributed by atoms with Gasteiger partial charge in [-0.25, -0.2) is 0 Å². The van der Waals surface area contributed by atoms with Crippen LogP contribution in [0.4, 0.5) is 5.95 Å². The van der Waals surface area contributed by atoms with Gasteiger partial charge in [0.1, 0.15) is 11.3 Å². The number of carbonyl (C=O) groups excluding carboxylic acids is 1. The summed E-state index contributed by atoms with van der Waals surface area (Å²) in [6.07, 6.45) is 3.45. The third-order valence-electron chi connectivity index (χ3n) is 5.70. The molecule has 1 N–H and O–H groups in total. The van der Waals surface area contributed by atoms with Crippen LogP contribution in [0.3, 0.4) is 0 Å². The molecule has 0 bridgehead atoms. The van der Waals surface area contributed by atoms with Crippen LogP contribution in [-0.4, -0.2) is 52.2 Å². The zero-order chi connectivity index (χ0) is 22.4. The molecule has 1 fully saturated rings. The quantitative estimate of drug-likeness (QED) is 0.626. The molecule has 1 aromatic heterocycles. The van der Waals surface area contributed by atoms with Crippen LogP contribution in [0.1, 0.15) is 40.0 Å². The molecule has 0 spiro atoms. The third kappa shape index (κ3) is 5.13. The van der Waals surface area contributed by atoms with E-state index in [1.54, 1.807) is 14.0 Å². The van der Waals surface area contributed by atoms with Gasteiger partial charge in [-0.2, -0.15) is 5.26 Å². The number of nitrogens with zero attached hydrogens (tertiary/aromatic N) is 5. The van der Waals surface area contributed by atoms with Gasteiger partial charge in [-0.1, -0.05) is 37.7 Å². The maximum atomic E-state index is 12.6. The first-order valence-corrected chi connectivity index (χ1v) is 11.6. The SMILES string of the molecule is COc1ccccc1-n1c(SCC(=O)NC(C)(C#N)C(C)C)nnc1N1CCCCC1. The second-order valence-electron chi connectivity index (χ2n) is 8.14.